The van der Waals surface area contributed by atoms with E-state index in [2.05, 4.69) is 11.4 Å². The van der Waals surface area contributed by atoms with Crippen LogP contribution >= 0.6 is 0 Å². The lowest BCUT2D eigenvalue weighted by molar-refractivity contribution is -0.122. The van der Waals surface area contributed by atoms with Crippen molar-refractivity contribution in [1.29, 1.82) is 0 Å². The minimum atomic E-state index is -0.554. The van der Waals surface area contributed by atoms with E-state index in [0.29, 0.717) is 23.6 Å². The van der Waals surface area contributed by atoms with E-state index in [-0.39, 0.29) is 5.91 Å². The third-order valence-corrected chi connectivity index (χ3v) is 4.24. The van der Waals surface area contributed by atoms with Crippen molar-refractivity contribution in [3.63, 3.8) is 0 Å². The lowest BCUT2D eigenvalue weighted by Crippen LogP contribution is -2.32. The summed E-state index contributed by atoms with van der Waals surface area (Å²) < 4.78 is 11.7. The number of benzene rings is 3. The van der Waals surface area contributed by atoms with Crippen molar-refractivity contribution in [1.82, 2.24) is 0 Å². The van der Waals surface area contributed by atoms with Gasteiger partial charge >= 0.3 is 0 Å². The normalized spacial score (nSPS) is 11.5. The van der Waals surface area contributed by atoms with Gasteiger partial charge < -0.3 is 14.8 Å². The molecule has 0 heterocycles. The molecule has 0 radical (unpaired) electrons. The number of ether oxygens (including phenoxy) is 2. The first kappa shape index (κ1) is 19.5. The molecule has 3 aromatic rings. The first-order valence-corrected chi connectivity index (χ1v) is 9.42. The van der Waals surface area contributed by atoms with E-state index in [1.54, 1.807) is 0 Å². The highest BCUT2D eigenvalue weighted by molar-refractivity contribution is 5.94. The molecule has 3 rings (SSSR count). The Morgan fingerprint density at radius 1 is 0.857 bits per heavy atom. The van der Waals surface area contributed by atoms with E-state index in [1.165, 1.54) is 0 Å². The zero-order valence-corrected chi connectivity index (χ0v) is 16.4. The predicted molar refractivity (Wildman–Crippen MR) is 112 cm³/mol. The van der Waals surface area contributed by atoms with Crippen molar-refractivity contribution in [3.05, 3.63) is 83.9 Å². The topological polar surface area (TPSA) is 47.6 Å². The van der Waals surface area contributed by atoms with Crippen LogP contribution in [0.2, 0.25) is 0 Å². The average molecular weight is 375 g/mol. The lowest BCUT2D eigenvalue weighted by atomic mass is 10.1. The molecule has 0 fully saturated rings. The van der Waals surface area contributed by atoms with Gasteiger partial charge in [-0.3, -0.25) is 4.79 Å². The molecule has 1 atom stereocenters. The van der Waals surface area contributed by atoms with Gasteiger partial charge in [-0.25, -0.2) is 0 Å². The fourth-order valence-corrected chi connectivity index (χ4v) is 2.94. The van der Waals surface area contributed by atoms with Crippen LogP contribution in [0, 0.1) is 13.8 Å². The third-order valence-electron chi connectivity index (χ3n) is 4.24. The zero-order chi connectivity index (χ0) is 19.9. The van der Waals surface area contributed by atoms with Crippen LogP contribution in [0.5, 0.6) is 17.2 Å². The number of amides is 1. The number of carbonyl (C=O) groups excluding carboxylic acids is 1. The van der Waals surface area contributed by atoms with Crippen LogP contribution in [0.15, 0.2) is 72.8 Å². The standard InChI is InChI=1S/C24H25NO3/c1-4-23(28-22-15-17(2)14-18(3)16-22)24(26)25-19-10-12-21(13-11-19)27-20-8-6-5-7-9-20/h5-16,23H,4H2,1-3H3,(H,25,26)/t23-/m1/s1. The van der Waals surface area contributed by atoms with Crippen LogP contribution < -0.4 is 14.8 Å². The number of hydrogen-bond acceptors (Lipinski definition) is 3. The lowest BCUT2D eigenvalue weighted by Gasteiger charge is -2.18. The van der Waals surface area contributed by atoms with Gasteiger partial charge in [0, 0.05) is 5.69 Å². The number of carbonyl (C=O) groups is 1. The molecule has 144 valence electrons. The van der Waals surface area contributed by atoms with Crippen LogP contribution in [0.4, 0.5) is 5.69 Å². The molecule has 0 saturated heterocycles. The molecule has 1 N–H and O–H groups in total. The van der Waals surface area contributed by atoms with Gasteiger partial charge in [0.2, 0.25) is 0 Å². The van der Waals surface area contributed by atoms with Crippen molar-refractivity contribution in [3.8, 4) is 17.2 Å². The maximum absolute atomic E-state index is 12.6. The Kier molecular flexibility index (Phi) is 6.33. The summed E-state index contributed by atoms with van der Waals surface area (Å²) in [6.07, 6.45) is 0.0232. The summed E-state index contributed by atoms with van der Waals surface area (Å²) in [5, 5.41) is 2.91. The van der Waals surface area contributed by atoms with E-state index < -0.39 is 6.10 Å². The molecule has 0 aromatic heterocycles. The van der Waals surface area contributed by atoms with Gasteiger partial charge in [0.15, 0.2) is 6.10 Å². The van der Waals surface area contributed by atoms with Gasteiger partial charge in [0.05, 0.1) is 0 Å². The van der Waals surface area contributed by atoms with Crippen molar-refractivity contribution in [2.75, 3.05) is 5.32 Å². The highest BCUT2D eigenvalue weighted by Crippen LogP contribution is 2.23. The summed E-state index contributed by atoms with van der Waals surface area (Å²) in [6.45, 7) is 5.96. The van der Waals surface area contributed by atoms with Crippen LogP contribution in [0.1, 0.15) is 24.5 Å². The number of rotatable bonds is 7. The summed E-state index contributed by atoms with van der Waals surface area (Å²) in [4.78, 5) is 12.6. The van der Waals surface area contributed by atoms with Crippen molar-refractivity contribution in [2.45, 2.75) is 33.3 Å². The summed E-state index contributed by atoms with van der Waals surface area (Å²) in [5.74, 6) is 2.03. The molecule has 0 aliphatic carbocycles. The van der Waals surface area contributed by atoms with E-state index in [1.807, 2.05) is 87.5 Å². The van der Waals surface area contributed by atoms with Crippen LogP contribution in [-0.2, 0) is 4.79 Å². The fraction of sp³-hybridized carbons (Fsp3) is 0.208. The molecule has 28 heavy (non-hydrogen) atoms. The second kappa shape index (κ2) is 9.09. The molecule has 0 aliphatic heterocycles. The number of hydrogen-bond donors (Lipinski definition) is 1. The highest BCUT2D eigenvalue weighted by atomic mass is 16.5. The summed E-state index contributed by atoms with van der Waals surface area (Å²) in [5.41, 5.74) is 2.92. The van der Waals surface area contributed by atoms with Gasteiger partial charge in [0.1, 0.15) is 17.2 Å². The molecule has 1 amide bonds. The molecule has 0 unspecified atom stereocenters. The Morgan fingerprint density at radius 2 is 1.46 bits per heavy atom. The van der Waals surface area contributed by atoms with E-state index >= 15 is 0 Å². The average Bonchev–Trinajstić information content (AvgIpc) is 2.67. The SMILES string of the molecule is CC[C@@H](Oc1cc(C)cc(C)c1)C(=O)Nc1ccc(Oc2ccccc2)cc1. The number of nitrogens with one attached hydrogen (secondary N) is 1. The molecule has 0 spiro atoms. The predicted octanol–water partition coefficient (Wildman–Crippen LogP) is 5.89. The maximum atomic E-state index is 12.6. The zero-order valence-electron chi connectivity index (χ0n) is 16.4. The molecule has 0 aliphatic rings. The Morgan fingerprint density at radius 3 is 2.07 bits per heavy atom. The molecule has 0 saturated carbocycles. The second-order valence-electron chi connectivity index (χ2n) is 6.77. The van der Waals surface area contributed by atoms with Crippen molar-refractivity contribution >= 4 is 11.6 Å². The largest absolute Gasteiger partial charge is 0.481 e. The summed E-state index contributed by atoms with van der Waals surface area (Å²) >= 11 is 0. The van der Waals surface area contributed by atoms with Crippen LogP contribution in [0.3, 0.4) is 0 Å². The Balaban J connectivity index is 1.62. The molecule has 0 bridgehead atoms. The Bertz CT molecular complexity index is 900. The minimum Gasteiger partial charge on any atom is -0.481 e. The molecule has 4 heteroatoms. The van der Waals surface area contributed by atoms with Gasteiger partial charge in [-0.2, -0.15) is 0 Å². The monoisotopic (exact) mass is 375 g/mol. The molecular weight excluding hydrogens is 350 g/mol. The number of para-hydroxylation sites is 1. The van der Waals surface area contributed by atoms with E-state index in [4.69, 9.17) is 9.47 Å². The summed E-state index contributed by atoms with van der Waals surface area (Å²) in [7, 11) is 0. The molecule has 3 aromatic carbocycles. The van der Waals surface area contributed by atoms with Crippen LogP contribution in [-0.4, -0.2) is 12.0 Å². The first-order chi connectivity index (χ1) is 13.5. The van der Waals surface area contributed by atoms with Gasteiger partial charge in [-0.1, -0.05) is 31.2 Å². The highest BCUT2D eigenvalue weighted by Gasteiger charge is 2.19. The molecule has 4 nitrogen and oxygen atoms in total. The van der Waals surface area contributed by atoms with Crippen molar-refractivity contribution in [2.24, 2.45) is 0 Å². The van der Waals surface area contributed by atoms with Gasteiger partial charge in [-0.05, 0) is 79.9 Å². The van der Waals surface area contributed by atoms with E-state index in [0.717, 1.165) is 16.9 Å². The Labute approximate surface area is 166 Å². The number of aryl methyl sites for hydroxylation is 2. The third kappa shape index (κ3) is 5.36. The van der Waals surface area contributed by atoms with Crippen LogP contribution in [0.25, 0.3) is 0 Å². The number of anilines is 1. The second-order valence-corrected chi connectivity index (χ2v) is 6.77. The minimum absolute atomic E-state index is 0.168. The van der Waals surface area contributed by atoms with Gasteiger partial charge in [-0.15, -0.1) is 0 Å². The first-order valence-electron chi connectivity index (χ1n) is 9.42. The summed E-state index contributed by atoms with van der Waals surface area (Å²) in [6, 6.07) is 22.8. The molecular formula is C24H25NO3. The fourth-order valence-electron chi connectivity index (χ4n) is 2.94. The van der Waals surface area contributed by atoms with E-state index in [9.17, 15) is 4.79 Å². The van der Waals surface area contributed by atoms with Crippen molar-refractivity contribution < 1.29 is 14.3 Å². The maximum Gasteiger partial charge on any atom is 0.265 e. The Hall–Kier alpha value is -3.27. The van der Waals surface area contributed by atoms with Gasteiger partial charge in [0.25, 0.3) is 5.91 Å². The quantitative estimate of drug-likeness (QED) is 0.560. The smallest absolute Gasteiger partial charge is 0.265 e.